The number of nitrogens with zero attached hydrogens (tertiary/aromatic N) is 1. The Morgan fingerprint density at radius 3 is 2.95 bits per heavy atom. The summed E-state index contributed by atoms with van der Waals surface area (Å²) in [6.45, 7) is 2.63. The zero-order chi connectivity index (χ0) is 15.0. The lowest BCUT2D eigenvalue weighted by Crippen LogP contribution is -2.59. The molecule has 110 valence electrons. The standard InChI is InChI=1S/C15H17N3O3/c1-2-12-14(20)17-13(19)8-18(12)15(21)10-3-4-11-9(7-10)5-6-16-11/h3-4,7,12,16H,2,5-6,8H2,1H3,(H,17,19,20). The lowest BCUT2D eigenvalue weighted by atomic mass is 10.0. The Kier molecular flexibility index (Phi) is 3.37. The third-order valence-electron chi connectivity index (χ3n) is 3.96. The minimum atomic E-state index is -0.582. The molecule has 0 aromatic heterocycles. The molecule has 21 heavy (non-hydrogen) atoms. The maximum Gasteiger partial charge on any atom is 0.255 e. The molecule has 2 N–H and O–H groups in total. The van der Waals surface area contributed by atoms with E-state index in [2.05, 4.69) is 10.6 Å². The van der Waals surface area contributed by atoms with Gasteiger partial charge in [-0.2, -0.15) is 0 Å². The minimum absolute atomic E-state index is 0.0710. The van der Waals surface area contributed by atoms with Gasteiger partial charge in [0.2, 0.25) is 11.8 Å². The van der Waals surface area contributed by atoms with Crippen LogP contribution in [-0.4, -0.2) is 41.8 Å². The minimum Gasteiger partial charge on any atom is -0.384 e. The van der Waals surface area contributed by atoms with Crippen LogP contribution in [0.15, 0.2) is 18.2 Å². The van der Waals surface area contributed by atoms with Gasteiger partial charge in [-0.05, 0) is 36.6 Å². The maximum atomic E-state index is 12.6. The average molecular weight is 287 g/mol. The van der Waals surface area contributed by atoms with Crippen molar-refractivity contribution in [2.45, 2.75) is 25.8 Å². The summed E-state index contributed by atoms with van der Waals surface area (Å²) in [7, 11) is 0. The topological polar surface area (TPSA) is 78.5 Å². The van der Waals surface area contributed by atoms with E-state index in [1.54, 1.807) is 6.07 Å². The summed E-state index contributed by atoms with van der Waals surface area (Å²) in [6.07, 6.45) is 1.37. The fourth-order valence-corrected chi connectivity index (χ4v) is 2.89. The van der Waals surface area contributed by atoms with Gasteiger partial charge in [0.15, 0.2) is 0 Å². The average Bonchev–Trinajstić information content (AvgIpc) is 2.93. The van der Waals surface area contributed by atoms with Crippen LogP contribution in [0.4, 0.5) is 5.69 Å². The number of rotatable bonds is 2. The van der Waals surface area contributed by atoms with Gasteiger partial charge in [0.25, 0.3) is 5.91 Å². The number of hydrogen-bond acceptors (Lipinski definition) is 4. The number of hydrogen-bond donors (Lipinski definition) is 2. The van der Waals surface area contributed by atoms with Crippen molar-refractivity contribution in [3.8, 4) is 0 Å². The first-order chi connectivity index (χ1) is 10.1. The Bertz CT molecular complexity index is 627. The molecular formula is C15H17N3O3. The van der Waals surface area contributed by atoms with E-state index in [0.29, 0.717) is 12.0 Å². The molecule has 0 spiro atoms. The predicted molar refractivity (Wildman–Crippen MR) is 76.9 cm³/mol. The van der Waals surface area contributed by atoms with E-state index in [1.165, 1.54) is 4.90 Å². The second kappa shape index (κ2) is 5.20. The smallest absolute Gasteiger partial charge is 0.255 e. The Morgan fingerprint density at radius 2 is 2.19 bits per heavy atom. The number of carbonyl (C=O) groups excluding carboxylic acids is 3. The molecule has 1 unspecified atom stereocenters. The molecule has 3 rings (SSSR count). The molecular weight excluding hydrogens is 270 g/mol. The summed E-state index contributed by atoms with van der Waals surface area (Å²) >= 11 is 0. The van der Waals surface area contributed by atoms with Crippen LogP contribution in [0.25, 0.3) is 0 Å². The van der Waals surface area contributed by atoms with Crippen LogP contribution in [0.5, 0.6) is 0 Å². The molecule has 1 saturated heterocycles. The van der Waals surface area contributed by atoms with Gasteiger partial charge in [0, 0.05) is 17.8 Å². The number of anilines is 1. The van der Waals surface area contributed by atoms with E-state index >= 15 is 0 Å². The molecule has 0 aliphatic carbocycles. The molecule has 0 radical (unpaired) electrons. The highest BCUT2D eigenvalue weighted by Crippen LogP contribution is 2.24. The quantitative estimate of drug-likeness (QED) is 0.778. The Hall–Kier alpha value is -2.37. The third-order valence-corrected chi connectivity index (χ3v) is 3.96. The van der Waals surface area contributed by atoms with E-state index < -0.39 is 17.9 Å². The number of fused-ring (bicyclic) bond motifs is 1. The molecule has 6 nitrogen and oxygen atoms in total. The van der Waals surface area contributed by atoms with E-state index in [4.69, 9.17) is 0 Å². The number of benzene rings is 1. The van der Waals surface area contributed by atoms with Gasteiger partial charge in [-0.3, -0.25) is 19.7 Å². The van der Waals surface area contributed by atoms with Crippen LogP contribution >= 0.6 is 0 Å². The summed E-state index contributed by atoms with van der Waals surface area (Å²) in [6, 6.07) is 4.88. The van der Waals surface area contributed by atoms with E-state index in [-0.39, 0.29) is 12.5 Å². The Balaban J connectivity index is 1.89. The van der Waals surface area contributed by atoms with Gasteiger partial charge in [-0.1, -0.05) is 6.92 Å². The highest BCUT2D eigenvalue weighted by atomic mass is 16.2. The normalized spacial score (nSPS) is 20.8. The highest BCUT2D eigenvalue weighted by molar-refractivity contribution is 6.07. The van der Waals surface area contributed by atoms with Gasteiger partial charge in [-0.15, -0.1) is 0 Å². The first-order valence-electron chi connectivity index (χ1n) is 7.11. The first-order valence-corrected chi connectivity index (χ1v) is 7.11. The number of piperazine rings is 1. The molecule has 2 aliphatic heterocycles. The zero-order valence-electron chi connectivity index (χ0n) is 11.8. The third kappa shape index (κ3) is 2.37. The number of nitrogens with one attached hydrogen (secondary N) is 2. The molecule has 2 heterocycles. The van der Waals surface area contributed by atoms with Crippen LogP contribution in [0.1, 0.15) is 29.3 Å². The monoisotopic (exact) mass is 287 g/mol. The lowest BCUT2D eigenvalue weighted by Gasteiger charge is -2.33. The molecule has 1 atom stereocenters. The van der Waals surface area contributed by atoms with E-state index in [1.807, 2.05) is 19.1 Å². The predicted octanol–water partition coefficient (Wildman–Crippen LogP) is 0.532. The van der Waals surface area contributed by atoms with Crippen LogP contribution in [-0.2, 0) is 16.0 Å². The zero-order valence-corrected chi connectivity index (χ0v) is 11.8. The van der Waals surface area contributed by atoms with E-state index in [0.717, 1.165) is 24.2 Å². The summed E-state index contributed by atoms with van der Waals surface area (Å²) in [5, 5.41) is 5.51. The van der Waals surface area contributed by atoms with Crippen molar-refractivity contribution in [3.63, 3.8) is 0 Å². The molecule has 2 aliphatic rings. The summed E-state index contributed by atoms with van der Waals surface area (Å²) < 4.78 is 0. The van der Waals surface area contributed by atoms with Gasteiger partial charge < -0.3 is 10.2 Å². The van der Waals surface area contributed by atoms with Gasteiger partial charge >= 0.3 is 0 Å². The number of amides is 3. The summed E-state index contributed by atoms with van der Waals surface area (Å²) in [5.74, 6) is -1.09. The molecule has 0 saturated carbocycles. The van der Waals surface area contributed by atoms with Crippen molar-refractivity contribution >= 4 is 23.4 Å². The first kappa shape index (κ1) is 13.6. The Morgan fingerprint density at radius 1 is 1.38 bits per heavy atom. The molecule has 1 fully saturated rings. The molecule has 6 heteroatoms. The van der Waals surface area contributed by atoms with E-state index in [9.17, 15) is 14.4 Å². The van der Waals surface area contributed by atoms with Gasteiger partial charge in [-0.25, -0.2) is 0 Å². The summed E-state index contributed by atoms with van der Waals surface area (Å²) in [5.41, 5.74) is 2.67. The van der Waals surface area contributed by atoms with Gasteiger partial charge in [0.1, 0.15) is 12.6 Å². The fraction of sp³-hybridized carbons (Fsp3) is 0.400. The van der Waals surface area contributed by atoms with Gasteiger partial charge in [0.05, 0.1) is 0 Å². The molecule has 3 amide bonds. The second-order valence-corrected chi connectivity index (χ2v) is 5.32. The second-order valence-electron chi connectivity index (χ2n) is 5.32. The SMILES string of the molecule is CCC1C(=O)NC(=O)CN1C(=O)c1ccc2c(c1)CCN2. The fourth-order valence-electron chi connectivity index (χ4n) is 2.89. The number of carbonyl (C=O) groups is 3. The van der Waals surface area contributed by atoms with Crippen LogP contribution in [0.3, 0.4) is 0 Å². The molecule has 1 aromatic rings. The maximum absolute atomic E-state index is 12.6. The van der Waals surface area contributed by atoms with Crippen LogP contribution in [0, 0.1) is 0 Å². The summed E-state index contributed by atoms with van der Waals surface area (Å²) in [4.78, 5) is 37.4. The molecule has 0 bridgehead atoms. The van der Waals surface area contributed by atoms with Crippen LogP contribution in [0.2, 0.25) is 0 Å². The Labute approximate surface area is 122 Å². The van der Waals surface area contributed by atoms with Crippen molar-refractivity contribution in [2.75, 3.05) is 18.4 Å². The number of imide groups is 1. The van der Waals surface area contributed by atoms with Crippen molar-refractivity contribution in [2.24, 2.45) is 0 Å². The van der Waals surface area contributed by atoms with Crippen LogP contribution < -0.4 is 10.6 Å². The van der Waals surface area contributed by atoms with Crippen molar-refractivity contribution in [3.05, 3.63) is 29.3 Å². The van der Waals surface area contributed by atoms with Crippen molar-refractivity contribution < 1.29 is 14.4 Å². The molecule has 1 aromatic carbocycles. The highest BCUT2D eigenvalue weighted by Gasteiger charge is 2.36. The van der Waals surface area contributed by atoms with Crippen molar-refractivity contribution in [1.29, 1.82) is 0 Å². The largest absolute Gasteiger partial charge is 0.384 e. The van der Waals surface area contributed by atoms with Crippen molar-refractivity contribution in [1.82, 2.24) is 10.2 Å². The lowest BCUT2D eigenvalue weighted by molar-refractivity contribution is -0.138.